The average Bonchev–Trinajstić information content (AvgIpc) is 2.06. The molecule has 0 aliphatic heterocycles. The van der Waals surface area contributed by atoms with Crippen molar-refractivity contribution in [3.63, 3.8) is 0 Å². The molecule has 1 aliphatic carbocycles. The van der Waals surface area contributed by atoms with Gasteiger partial charge in [-0.3, -0.25) is 0 Å². The SMILES string of the molecule is CC1=C(C)C(C)(C)[C]([K])=C1C. The van der Waals surface area contributed by atoms with E-state index in [1.54, 1.807) is 10.8 Å². The molecule has 0 nitrogen and oxygen atoms in total. The third kappa shape index (κ3) is 1.46. The van der Waals surface area contributed by atoms with E-state index in [1.807, 2.05) is 0 Å². The molecular weight excluding hydrogens is 159 g/mol. The van der Waals surface area contributed by atoms with Gasteiger partial charge >= 0.3 is 105 Å². The molecule has 0 aromatic carbocycles. The van der Waals surface area contributed by atoms with Crippen molar-refractivity contribution in [3.8, 4) is 0 Å². The molecule has 1 heteroatoms. The summed E-state index contributed by atoms with van der Waals surface area (Å²) in [6.07, 6.45) is 0. The van der Waals surface area contributed by atoms with Crippen LogP contribution >= 0.6 is 0 Å². The molecule has 0 amide bonds. The molecule has 0 N–H and O–H groups in total. The second kappa shape index (κ2) is 3.11. The molecule has 1 rings (SSSR count). The summed E-state index contributed by atoms with van der Waals surface area (Å²) in [4.78, 5) is 0. The van der Waals surface area contributed by atoms with E-state index in [0.717, 1.165) is 49.0 Å². The molecule has 0 atom stereocenters. The third-order valence-electron chi connectivity index (χ3n) is 3.56. The summed E-state index contributed by atoms with van der Waals surface area (Å²) in [5, 5.41) is 0. The zero-order chi connectivity index (χ0) is 8.81. The Morgan fingerprint density at radius 2 is 1.45 bits per heavy atom. The van der Waals surface area contributed by atoms with Gasteiger partial charge in [-0.2, -0.15) is 0 Å². The summed E-state index contributed by atoms with van der Waals surface area (Å²) in [5.41, 5.74) is 5.09. The van der Waals surface area contributed by atoms with Crippen molar-refractivity contribution < 1.29 is 0 Å². The molecule has 0 aromatic rings. The van der Waals surface area contributed by atoms with Gasteiger partial charge in [0.05, 0.1) is 0 Å². The molecule has 1 aliphatic rings. The predicted molar refractivity (Wildman–Crippen MR) is 50.6 cm³/mol. The van der Waals surface area contributed by atoms with Crippen LogP contribution in [-0.2, 0) is 0 Å². The molecule has 11 heavy (non-hydrogen) atoms. The Bertz CT molecular complexity index is 228. The summed E-state index contributed by atoms with van der Waals surface area (Å²) < 4.78 is 1.72. The van der Waals surface area contributed by atoms with Gasteiger partial charge in [-0.1, -0.05) is 0 Å². The Balaban J connectivity index is 3.27. The van der Waals surface area contributed by atoms with Gasteiger partial charge in [-0.05, 0) is 0 Å². The van der Waals surface area contributed by atoms with Crippen molar-refractivity contribution in [1.82, 2.24) is 0 Å². The van der Waals surface area contributed by atoms with Crippen LogP contribution in [0.4, 0.5) is 0 Å². The van der Waals surface area contributed by atoms with E-state index >= 15 is 0 Å². The van der Waals surface area contributed by atoms with Crippen molar-refractivity contribution in [2.24, 2.45) is 5.41 Å². The van der Waals surface area contributed by atoms with Crippen LogP contribution in [0.2, 0.25) is 0 Å². The third-order valence-corrected chi connectivity index (χ3v) is 6.69. The molecule has 0 aromatic heterocycles. The van der Waals surface area contributed by atoms with Gasteiger partial charge in [0, 0.05) is 0 Å². The first kappa shape index (κ1) is 10.2. The first-order chi connectivity index (χ1) is 4.89. The molecule has 0 fully saturated rings. The van der Waals surface area contributed by atoms with Crippen LogP contribution in [0.25, 0.3) is 0 Å². The van der Waals surface area contributed by atoms with Gasteiger partial charge in [0.2, 0.25) is 0 Å². The van der Waals surface area contributed by atoms with E-state index in [0.29, 0.717) is 5.41 Å². The van der Waals surface area contributed by atoms with E-state index in [4.69, 9.17) is 0 Å². The monoisotopic (exact) mass is 174 g/mol. The van der Waals surface area contributed by atoms with Gasteiger partial charge in [0.15, 0.2) is 0 Å². The average molecular weight is 174 g/mol. The van der Waals surface area contributed by atoms with Crippen molar-refractivity contribution >= 4 is 49.0 Å². The summed E-state index contributed by atoms with van der Waals surface area (Å²) in [7, 11) is 0. The molecule has 0 unspecified atom stereocenters. The topological polar surface area (TPSA) is 0 Å². The fourth-order valence-corrected chi connectivity index (χ4v) is 2.95. The minimum atomic E-state index is 0.397. The quantitative estimate of drug-likeness (QED) is 0.495. The van der Waals surface area contributed by atoms with E-state index in [-0.39, 0.29) is 0 Å². The fraction of sp³-hybridized carbons (Fsp3) is 0.600. The molecule has 0 spiro atoms. The summed E-state index contributed by atoms with van der Waals surface area (Å²) in [6, 6.07) is 0. The molecule has 0 bridgehead atoms. The van der Waals surface area contributed by atoms with Crippen molar-refractivity contribution in [2.75, 3.05) is 0 Å². The van der Waals surface area contributed by atoms with Gasteiger partial charge in [0.1, 0.15) is 0 Å². The standard InChI is InChI=1S/C10H15.K/c1-7-6-10(4,5)9(3)8(7)2;/h1-5H3;. The number of rotatable bonds is 0. The zero-order valence-electron chi connectivity index (χ0n) is 8.50. The maximum atomic E-state index is 2.35. The first-order valence-electron chi connectivity index (χ1n) is 4.25. The van der Waals surface area contributed by atoms with Crippen LogP contribution in [0.15, 0.2) is 16.4 Å². The molecule has 0 heterocycles. The van der Waals surface area contributed by atoms with Gasteiger partial charge in [-0.25, -0.2) is 0 Å². The first-order valence-corrected chi connectivity index (χ1v) is 5.81. The van der Waals surface area contributed by atoms with Crippen LogP contribution in [0.3, 0.4) is 0 Å². The molecule has 56 valence electrons. The van der Waals surface area contributed by atoms with E-state index in [9.17, 15) is 0 Å². The Hall–Kier alpha value is 1.12. The summed E-state index contributed by atoms with van der Waals surface area (Å²) in [6.45, 7) is 11.5. The minimum absolute atomic E-state index is 0.397. The summed E-state index contributed by atoms with van der Waals surface area (Å²) in [5.74, 6) is 0. The second-order valence-electron chi connectivity index (χ2n) is 4.12. The van der Waals surface area contributed by atoms with E-state index < -0.39 is 0 Å². The molecule has 0 saturated heterocycles. The van der Waals surface area contributed by atoms with Crippen LogP contribution in [0, 0.1) is 5.41 Å². The Kier molecular flexibility index (Phi) is 2.89. The predicted octanol–water partition coefficient (Wildman–Crippen LogP) is 2.81. The van der Waals surface area contributed by atoms with Crippen LogP contribution in [0.1, 0.15) is 34.6 Å². The van der Waals surface area contributed by atoms with Crippen molar-refractivity contribution in [1.29, 1.82) is 0 Å². The van der Waals surface area contributed by atoms with Crippen LogP contribution < -0.4 is 0 Å². The van der Waals surface area contributed by atoms with Gasteiger partial charge in [-0.15, -0.1) is 0 Å². The molecular formula is C10H15K. The number of allylic oxidation sites excluding steroid dienone is 4. The van der Waals surface area contributed by atoms with Crippen molar-refractivity contribution in [3.05, 3.63) is 16.4 Å². The molecule has 0 radical (unpaired) electrons. The second-order valence-corrected chi connectivity index (χ2v) is 5.69. The molecule has 0 saturated carbocycles. The maximum absolute atomic E-state index is 2.35. The van der Waals surface area contributed by atoms with E-state index in [1.165, 1.54) is 5.57 Å². The van der Waals surface area contributed by atoms with Crippen molar-refractivity contribution in [2.45, 2.75) is 34.6 Å². The van der Waals surface area contributed by atoms with Crippen LogP contribution in [-0.4, -0.2) is 49.0 Å². The van der Waals surface area contributed by atoms with Gasteiger partial charge < -0.3 is 0 Å². The number of hydrogen-bond donors (Lipinski definition) is 0. The normalized spacial score (nSPS) is 23.5. The van der Waals surface area contributed by atoms with Crippen LogP contribution in [0.5, 0.6) is 0 Å². The Morgan fingerprint density at radius 1 is 1.00 bits per heavy atom. The Labute approximate surface area is 104 Å². The van der Waals surface area contributed by atoms with Gasteiger partial charge in [0.25, 0.3) is 0 Å². The zero-order valence-corrected chi connectivity index (χ0v) is 11.6. The number of hydrogen-bond acceptors (Lipinski definition) is 0. The fourth-order valence-electron chi connectivity index (χ4n) is 1.78. The summed E-state index contributed by atoms with van der Waals surface area (Å²) >= 11 is 0.847. The van der Waals surface area contributed by atoms with E-state index in [2.05, 4.69) is 34.6 Å². The Morgan fingerprint density at radius 3 is 1.55 bits per heavy atom.